The maximum atomic E-state index is 12.8. The number of benzene rings is 1. The third-order valence-electron chi connectivity index (χ3n) is 6.85. The average Bonchev–Trinajstić information content (AvgIpc) is 3.45. The van der Waals surface area contributed by atoms with Crippen molar-refractivity contribution < 1.29 is 47.6 Å². The molecule has 11 nitrogen and oxygen atoms in total. The van der Waals surface area contributed by atoms with Crippen molar-refractivity contribution in [2.45, 2.75) is 71.2 Å². The van der Waals surface area contributed by atoms with Crippen LogP contribution >= 0.6 is 22.9 Å². The molecule has 0 unspecified atom stereocenters. The lowest BCUT2D eigenvalue weighted by Crippen LogP contribution is -2.64. The van der Waals surface area contributed by atoms with Gasteiger partial charge in [-0.2, -0.15) is 0 Å². The molecule has 2 aliphatic rings. The minimum Gasteiger partial charge on any atom is -0.467 e. The molecule has 0 N–H and O–H groups in total. The monoisotopic (exact) mass is 597 g/mol. The molecule has 1 fully saturated rings. The Balaban J connectivity index is 1.84. The van der Waals surface area contributed by atoms with E-state index < -0.39 is 54.6 Å². The fourth-order valence-electron chi connectivity index (χ4n) is 5.30. The summed E-state index contributed by atoms with van der Waals surface area (Å²) in [7, 11) is 1.14. The fourth-order valence-corrected chi connectivity index (χ4v) is 6.58. The van der Waals surface area contributed by atoms with E-state index in [1.165, 1.54) is 11.3 Å². The Bertz CT molecular complexity index is 1310. The molecule has 0 amide bonds. The van der Waals surface area contributed by atoms with Crippen LogP contribution in [0.2, 0.25) is 0 Å². The van der Waals surface area contributed by atoms with E-state index in [1.54, 1.807) is 0 Å². The van der Waals surface area contributed by atoms with Gasteiger partial charge in [-0.15, -0.1) is 22.9 Å². The Morgan fingerprint density at radius 2 is 1.68 bits per heavy atom. The molecule has 13 heteroatoms. The van der Waals surface area contributed by atoms with Crippen molar-refractivity contribution in [1.29, 1.82) is 0 Å². The molecule has 2 aliphatic heterocycles. The van der Waals surface area contributed by atoms with Gasteiger partial charge in [0, 0.05) is 62.8 Å². The minimum atomic E-state index is -1.54. The van der Waals surface area contributed by atoms with Crippen LogP contribution in [0.5, 0.6) is 5.75 Å². The number of fused-ring (bicyclic) bond motifs is 3. The van der Waals surface area contributed by atoms with E-state index >= 15 is 0 Å². The molecule has 1 aromatic carbocycles. The average molecular weight is 598 g/mol. The van der Waals surface area contributed by atoms with E-state index in [1.807, 2.05) is 25.3 Å². The summed E-state index contributed by atoms with van der Waals surface area (Å²) in [6, 6.07) is 1.88. The molecular formula is C27H32ClNO10S. The first kappa shape index (κ1) is 29.9. The summed E-state index contributed by atoms with van der Waals surface area (Å²) in [4.78, 5) is 51.2. The van der Waals surface area contributed by atoms with Gasteiger partial charge < -0.3 is 33.3 Å². The van der Waals surface area contributed by atoms with Crippen molar-refractivity contribution >= 4 is 62.6 Å². The van der Waals surface area contributed by atoms with Crippen LogP contribution in [0.15, 0.2) is 11.4 Å². The molecule has 0 bridgehead atoms. The number of rotatable bonds is 8. The lowest BCUT2D eigenvalue weighted by molar-refractivity contribution is -0.282. The SMILES string of the molecule is CCN1C[C@@H](CCl)c2c1cc(O[C@@H]1O[C@H](C(=O)OC)[C@@H](OC(C)=O)[C@H](OC(C)=O)[C@H]1OC(C)=O)c1scc(C)c21. The van der Waals surface area contributed by atoms with E-state index in [4.69, 9.17) is 40.0 Å². The number of nitrogens with zero attached hydrogens (tertiary/aromatic N) is 1. The van der Waals surface area contributed by atoms with Gasteiger partial charge in [-0.25, -0.2) is 4.79 Å². The zero-order chi connectivity index (χ0) is 29.3. The molecule has 0 saturated carbocycles. The Labute approximate surface area is 240 Å². The molecule has 0 radical (unpaired) electrons. The number of anilines is 1. The number of aryl methyl sites for hydroxylation is 1. The molecule has 0 aliphatic carbocycles. The number of halogens is 1. The number of methoxy groups -OCH3 is 1. The highest BCUT2D eigenvalue weighted by Gasteiger charge is 2.56. The van der Waals surface area contributed by atoms with Crippen molar-refractivity contribution in [3.8, 4) is 5.75 Å². The van der Waals surface area contributed by atoms with Crippen LogP contribution in [0.25, 0.3) is 10.1 Å². The molecule has 3 heterocycles. The molecule has 40 heavy (non-hydrogen) atoms. The molecule has 2 aromatic rings. The van der Waals surface area contributed by atoms with Crippen LogP contribution < -0.4 is 9.64 Å². The Morgan fingerprint density at radius 1 is 1.05 bits per heavy atom. The maximum absolute atomic E-state index is 12.8. The fraction of sp³-hybridized carbons (Fsp3) is 0.556. The first-order valence-electron chi connectivity index (χ1n) is 12.8. The van der Waals surface area contributed by atoms with Crippen molar-refractivity contribution in [3.63, 3.8) is 0 Å². The van der Waals surface area contributed by atoms with Gasteiger partial charge in [-0.05, 0) is 30.4 Å². The van der Waals surface area contributed by atoms with Crippen molar-refractivity contribution in [3.05, 3.63) is 22.6 Å². The summed E-state index contributed by atoms with van der Waals surface area (Å²) in [5, 5.41) is 3.02. The lowest BCUT2D eigenvalue weighted by Gasteiger charge is -2.43. The number of ether oxygens (including phenoxy) is 6. The van der Waals surface area contributed by atoms with E-state index in [0.717, 1.165) is 67.9 Å². The number of carbonyl (C=O) groups is 4. The van der Waals surface area contributed by atoms with Crippen LogP contribution in [-0.4, -0.2) is 80.7 Å². The lowest BCUT2D eigenvalue weighted by atomic mass is 9.96. The minimum absolute atomic E-state index is 0.128. The van der Waals surface area contributed by atoms with Crippen molar-refractivity contribution in [2.24, 2.45) is 0 Å². The van der Waals surface area contributed by atoms with Gasteiger partial charge in [0.25, 0.3) is 0 Å². The molecule has 1 saturated heterocycles. The second kappa shape index (κ2) is 12.2. The number of hydrogen-bond donors (Lipinski definition) is 0. The number of carbonyl (C=O) groups excluding carboxylic acids is 4. The summed E-state index contributed by atoms with van der Waals surface area (Å²) < 4.78 is 34.4. The van der Waals surface area contributed by atoms with E-state index in [0.29, 0.717) is 11.6 Å². The molecular weight excluding hydrogens is 566 g/mol. The van der Waals surface area contributed by atoms with Gasteiger partial charge in [-0.1, -0.05) is 0 Å². The van der Waals surface area contributed by atoms with E-state index in [2.05, 4.69) is 4.90 Å². The van der Waals surface area contributed by atoms with Gasteiger partial charge in [0.15, 0.2) is 18.3 Å². The molecule has 6 atom stereocenters. The van der Waals surface area contributed by atoms with Gasteiger partial charge in [0.05, 0.1) is 11.8 Å². The van der Waals surface area contributed by atoms with Crippen LogP contribution in [0.4, 0.5) is 5.69 Å². The largest absolute Gasteiger partial charge is 0.467 e. The summed E-state index contributed by atoms with van der Waals surface area (Å²) in [5.74, 6) is -2.17. The second-order valence-corrected chi connectivity index (χ2v) is 10.8. The standard InChI is InChI=1S/C27H32ClNO10S/c1-7-29-10-16(9-28)20-17(29)8-18(25-19(20)12(2)11-40-25)38-27-24(37-15(5)32)22(36-14(4)31)21(35-13(3)30)23(39-27)26(33)34-6/h8,11,16,21-24,27H,7,9-10H2,1-6H3/t16-,21+,22+,23+,24-,27-/m1/s1. The van der Waals surface area contributed by atoms with Gasteiger partial charge in [0.2, 0.25) is 12.4 Å². The normalized spacial score (nSPS) is 25.7. The molecule has 4 rings (SSSR count). The van der Waals surface area contributed by atoms with Gasteiger partial charge >= 0.3 is 23.9 Å². The van der Waals surface area contributed by atoms with Crippen LogP contribution in [0.1, 0.15) is 44.7 Å². The number of alkyl halides is 1. The molecule has 218 valence electrons. The molecule has 1 aromatic heterocycles. The second-order valence-electron chi connectivity index (χ2n) is 9.61. The quantitative estimate of drug-likeness (QED) is 0.252. The van der Waals surface area contributed by atoms with Gasteiger partial charge in [-0.3, -0.25) is 14.4 Å². The Kier molecular flexibility index (Phi) is 9.11. The first-order valence-corrected chi connectivity index (χ1v) is 14.2. The van der Waals surface area contributed by atoms with Crippen molar-refractivity contribution in [1.82, 2.24) is 0 Å². The van der Waals surface area contributed by atoms with Crippen LogP contribution in [-0.2, 0) is 42.9 Å². The highest BCUT2D eigenvalue weighted by atomic mass is 35.5. The predicted molar refractivity (Wildman–Crippen MR) is 146 cm³/mol. The summed E-state index contributed by atoms with van der Waals surface area (Å²) >= 11 is 7.83. The van der Waals surface area contributed by atoms with Gasteiger partial charge in [0.1, 0.15) is 5.75 Å². The Morgan fingerprint density at radius 3 is 2.25 bits per heavy atom. The molecule has 0 spiro atoms. The third-order valence-corrected chi connectivity index (χ3v) is 8.33. The summed E-state index contributed by atoms with van der Waals surface area (Å²) in [6.45, 7) is 8.98. The maximum Gasteiger partial charge on any atom is 0.339 e. The number of esters is 4. The highest BCUT2D eigenvalue weighted by Crippen LogP contribution is 2.49. The highest BCUT2D eigenvalue weighted by molar-refractivity contribution is 7.17. The van der Waals surface area contributed by atoms with E-state index in [9.17, 15) is 19.2 Å². The first-order chi connectivity index (χ1) is 19.0. The summed E-state index contributed by atoms with van der Waals surface area (Å²) in [6.07, 6.45) is -7.28. The van der Waals surface area contributed by atoms with E-state index in [-0.39, 0.29) is 5.92 Å². The smallest absolute Gasteiger partial charge is 0.339 e. The number of likely N-dealkylation sites (N-methyl/N-ethyl adjacent to an activating group) is 1. The zero-order valence-corrected chi connectivity index (χ0v) is 24.6. The van der Waals surface area contributed by atoms with Crippen molar-refractivity contribution in [2.75, 3.05) is 31.0 Å². The third kappa shape index (κ3) is 5.70. The number of thiophene rings is 1. The topological polar surface area (TPSA) is 127 Å². The zero-order valence-electron chi connectivity index (χ0n) is 23.1. The Hall–Kier alpha value is -3.09. The van der Waals surface area contributed by atoms with Crippen LogP contribution in [0.3, 0.4) is 0 Å². The number of hydrogen-bond acceptors (Lipinski definition) is 12. The summed E-state index contributed by atoms with van der Waals surface area (Å²) in [5.41, 5.74) is 3.14. The van der Waals surface area contributed by atoms with Crippen LogP contribution in [0, 0.1) is 6.92 Å². The predicted octanol–water partition coefficient (Wildman–Crippen LogP) is 3.44.